The van der Waals surface area contributed by atoms with E-state index in [-0.39, 0.29) is 0 Å². The average molecular weight is 791 g/mol. The molecule has 60 heavy (non-hydrogen) atoms. The molecule has 0 unspecified atom stereocenters. The third kappa shape index (κ3) is 5.92. The minimum atomic E-state index is 0.874. The molecule has 0 spiro atoms. The van der Waals surface area contributed by atoms with Gasteiger partial charge in [0.1, 0.15) is 0 Å². The molecule has 0 saturated heterocycles. The monoisotopic (exact) mass is 790 g/mol. The zero-order chi connectivity index (χ0) is 40.2. The molecule has 0 N–H and O–H groups in total. The Hall–Kier alpha value is -7.21. The van der Waals surface area contributed by atoms with Gasteiger partial charge in [-0.05, 0) is 83.1 Å². The number of aryl methyl sites for hydroxylation is 1. The molecule has 0 fully saturated rings. The molecular weight excluding hydrogens is 749 g/mol. The predicted molar refractivity (Wildman–Crippen MR) is 259 cm³/mol. The van der Waals surface area contributed by atoms with Gasteiger partial charge in [-0.25, -0.2) is 0 Å². The Kier molecular flexibility index (Phi) is 8.90. The first kappa shape index (κ1) is 35.9. The van der Waals surface area contributed by atoms with E-state index in [1.807, 2.05) is 0 Å². The molecular formula is C55H42N4S. The summed E-state index contributed by atoms with van der Waals surface area (Å²) < 4.78 is 7.41. The van der Waals surface area contributed by atoms with Crippen LogP contribution in [0.5, 0.6) is 0 Å². The molecule has 11 rings (SSSR count). The molecule has 0 aliphatic carbocycles. The molecule has 0 bridgehead atoms. The van der Waals surface area contributed by atoms with Crippen molar-refractivity contribution >= 4 is 89.3 Å². The van der Waals surface area contributed by atoms with Gasteiger partial charge in [0, 0.05) is 51.7 Å². The molecule has 0 atom stereocenters. The van der Waals surface area contributed by atoms with Crippen molar-refractivity contribution in [1.29, 1.82) is 0 Å². The maximum atomic E-state index is 2.51. The van der Waals surface area contributed by atoms with Crippen molar-refractivity contribution in [2.24, 2.45) is 0 Å². The van der Waals surface area contributed by atoms with Gasteiger partial charge in [-0.1, -0.05) is 158 Å². The highest BCUT2D eigenvalue weighted by Gasteiger charge is 2.24. The molecule has 288 valence electrons. The number of nitrogens with zero attached hydrogens (tertiary/aromatic N) is 4. The van der Waals surface area contributed by atoms with Crippen molar-refractivity contribution in [3.05, 3.63) is 206 Å². The van der Waals surface area contributed by atoms with Crippen LogP contribution in [-0.2, 0) is 6.54 Å². The first-order chi connectivity index (χ1) is 29.7. The van der Waals surface area contributed by atoms with Crippen molar-refractivity contribution in [2.45, 2.75) is 13.5 Å². The lowest BCUT2D eigenvalue weighted by Crippen LogP contribution is -2.16. The van der Waals surface area contributed by atoms with Crippen LogP contribution in [-0.4, -0.2) is 15.6 Å². The van der Waals surface area contributed by atoms with E-state index in [9.17, 15) is 0 Å². The van der Waals surface area contributed by atoms with Crippen molar-refractivity contribution in [2.75, 3.05) is 16.3 Å². The van der Waals surface area contributed by atoms with E-state index in [4.69, 9.17) is 0 Å². The second kappa shape index (κ2) is 14.9. The van der Waals surface area contributed by atoms with Crippen LogP contribution >= 0.6 is 12.1 Å². The van der Waals surface area contributed by atoms with Gasteiger partial charge in [0.05, 0.1) is 45.7 Å². The lowest BCUT2D eigenvalue weighted by atomic mass is 10.0. The van der Waals surface area contributed by atoms with Gasteiger partial charge >= 0.3 is 0 Å². The van der Waals surface area contributed by atoms with E-state index in [0.717, 1.165) is 29.3 Å². The molecule has 2 heterocycles. The zero-order valence-corrected chi connectivity index (χ0v) is 34.4. The maximum absolute atomic E-state index is 2.51. The van der Waals surface area contributed by atoms with Gasteiger partial charge < -0.3 is 9.47 Å². The van der Waals surface area contributed by atoms with E-state index < -0.39 is 0 Å². The topological polar surface area (TPSA) is 16.3 Å². The van der Waals surface area contributed by atoms with Gasteiger partial charge in [-0.3, -0.25) is 8.28 Å². The summed E-state index contributed by atoms with van der Waals surface area (Å²) in [5.41, 5.74) is 14.1. The third-order valence-corrected chi connectivity index (χ3v) is 13.1. The Morgan fingerprint density at radius 2 is 0.900 bits per heavy atom. The van der Waals surface area contributed by atoms with Gasteiger partial charge in [0.15, 0.2) is 0 Å². The summed E-state index contributed by atoms with van der Waals surface area (Å²) in [6.45, 7) is 3.14. The summed E-state index contributed by atoms with van der Waals surface area (Å²) in [7, 11) is 2.17. The first-order valence-electron chi connectivity index (χ1n) is 20.6. The van der Waals surface area contributed by atoms with Crippen LogP contribution in [0.2, 0.25) is 0 Å². The Morgan fingerprint density at radius 3 is 1.52 bits per heavy atom. The quantitative estimate of drug-likeness (QED) is 0.136. The molecule has 4 nitrogen and oxygen atoms in total. The van der Waals surface area contributed by atoms with Crippen LogP contribution in [0.3, 0.4) is 0 Å². The summed E-state index contributed by atoms with van der Waals surface area (Å²) in [6.07, 6.45) is 0. The van der Waals surface area contributed by atoms with E-state index in [1.54, 1.807) is 12.1 Å². The fourth-order valence-electron chi connectivity index (χ4n) is 9.08. The van der Waals surface area contributed by atoms with Gasteiger partial charge in [0.2, 0.25) is 0 Å². The smallest absolute Gasteiger partial charge is 0.0817 e. The highest BCUT2D eigenvalue weighted by molar-refractivity contribution is 7.99. The molecule has 0 aliphatic rings. The van der Waals surface area contributed by atoms with Gasteiger partial charge in [0.25, 0.3) is 0 Å². The largest absolute Gasteiger partial charge is 0.343 e. The second-order valence-corrected chi connectivity index (χ2v) is 16.2. The van der Waals surface area contributed by atoms with Crippen molar-refractivity contribution in [3.63, 3.8) is 0 Å². The predicted octanol–water partition coefficient (Wildman–Crippen LogP) is 15.4. The fourth-order valence-corrected chi connectivity index (χ4v) is 10.2. The van der Waals surface area contributed by atoms with E-state index in [1.165, 1.54) is 76.6 Å². The van der Waals surface area contributed by atoms with Crippen molar-refractivity contribution in [3.8, 4) is 22.3 Å². The Bertz CT molecular complexity index is 3330. The third-order valence-electron chi connectivity index (χ3n) is 12.0. The maximum Gasteiger partial charge on any atom is 0.0817 e. The molecule has 0 radical (unpaired) electrons. The fraction of sp³-hybridized carbons (Fsp3) is 0.0545. The van der Waals surface area contributed by atoms with E-state index in [0.29, 0.717) is 0 Å². The standard InChI is InChI=1S/C55H42N4S/c1-3-57-49-22-12-10-20-45(49)47-36-30-42-31-37-48-46-21-11-13-23-50(46)59(55(48)53(42)54(47)57)60-58(44-34-28-41(29-35-44)39-18-8-5-9-19-39)52-25-15-14-24-51(52)56(2)43-32-26-40(27-33-43)38-16-6-4-7-17-38/h4-37H,3H2,1-2H3. The SMILES string of the molecule is CCn1c2ccccc2c2ccc3ccc4c5ccccc5n(SN(c5ccc(-c6ccccc6)cc5)c5ccccc5N(C)c5ccc(-c6ccccc6)cc5)c4c3c21. The van der Waals surface area contributed by atoms with E-state index >= 15 is 0 Å². The van der Waals surface area contributed by atoms with Crippen molar-refractivity contribution < 1.29 is 0 Å². The van der Waals surface area contributed by atoms with Gasteiger partial charge in [-0.15, -0.1) is 0 Å². The molecule has 0 amide bonds. The first-order valence-corrected chi connectivity index (χ1v) is 21.4. The summed E-state index contributed by atoms with van der Waals surface area (Å²) in [5.74, 6) is 0. The van der Waals surface area contributed by atoms with Gasteiger partial charge in [-0.2, -0.15) is 0 Å². The minimum Gasteiger partial charge on any atom is -0.343 e. The highest BCUT2D eigenvalue weighted by Crippen LogP contribution is 2.47. The molecule has 11 aromatic rings. The number of para-hydroxylation sites is 4. The molecule has 5 heteroatoms. The number of benzene rings is 9. The second-order valence-electron chi connectivity index (χ2n) is 15.3. The number of rotatable bonds is 9. The molecule has 0 saturated carbocycles. The lowest BCUT2D eigenvalue weighted by molar-refractivity contribution is 0.829. The summed E-state index contributed by atoms with van der Waals surface area (Å²) in [5, 5.41) is 7.56. The lowest BCUT2D eigenvalue weighted by Gasteiger charge is -2.30. The van der Waals surface area contributed by atoms with Crippen LogP contribution in [0.15, 0.2) is 206 Å². The Labute approximate surface area is 354 Å². The van der Waals surface area contributed by atoms with Crippen LogP contribution in [0, 0.1) is 0 Å². The van der Waals surface area contributed by atoms with E-state index in [2.05, 4.69) is 238 Å². The normalized spacial score (nSPS) is 11.6. The number of hydrogen-bond acceptors (Lipinski definition) is 3. The minimum absolute atomic E-state index is 0.874. The van der Waals surface area contributed by atoms with Crippen LogP contribution in [0.4, 0.5) is 22.7 Å². The van der Waals surface area contributed by atoms with Crippen LogP contribution in [0.1, 0.15) is 6.92 Å². The molecule has 0 aliphatic heterocycles. The Balaban J connectivity index is 1.13. The molecule has 9 aromatic carbocycles. The van der Waals surface area contributed by atoms with Crippen molar-refractivity contribution in [1.82, 2.24) is 8.54 Å². The van der Waals surface area contributed by atoms with Crippen LogP contribution in [0.25, 0.3) is 76.6 Å². The number of anilines is 4. The highest BCUT2D eigenvalue weighted by atomic mass is 32.2. The summed E-state index contributed by atoms with van der Waals surface area (Å²) in [6, 6.07) is 74.9. The molecule has 2 aromatic heterocycles. The summed E-state index contributed by atoms with van der Waals surface area (Å²) >= 11 is 1.75. The number of fused-ring (bicyclic) bond motifs is 9. The van der Waals surface area contributed by atoms with Crippen LogP contribution < -0.4 is 9.21 Å². The zero-order valence-electron chi connectivity index (χ0n) is 33.5. The average Bonchev–Trinajstić information content (AvgIpc) is 3.83. The Morgan fingerprint density at radius 1 is 0.417 bits per heavy atom. The number of aromatic nitrogens is 2. The number of hydrogen-bond donors (Lipinski definition) is 0. The summed E-state index contributed by atoms with van der Waals surface area (Å²) in [4.78, 5) is 2.31.